The summed E-state index contributed by atoms with van der Waals surface area (Å²) in [4.78, 5) is 4.25. The Labute approximate surface area is 75.9 Å². The standard InChI is InChI=1S/C10H21O2/c1-8(12-11)10(5,6)7-9(2,3)4/h8,11H,1,7H2,2-6H3. The molecule has 1 atom stereocenters. The van der Waals surface area contributed by atoms with Crippen molar-refractivity contribution < 1.29 is 10.1 Å². The molecule has 0 saturated carbocycles. The Bertz CT molecular complexity index is 133. The van der Waals surface area contributed by atoms with Gasteiger partial charge in [0, 0.05) is 0 Å². The third kappa shape index (κ3) is 4.07. The molecule has 1 radical (unpaired) electrons. The van der Waals surface area contributed by atoms with Crippen LogP contribution in [0.25, 0.3) is 0 Å². The van der Waals surface area contributed by atoms with E-state index in [1.165, 1.54) is 0 Å². The fourth-order valence-corrected chi connectivity index (χ4v) is 1.62. The van der Waals surface area contributed by atoms with Gasteiger partial charge in [-0.05, 0) is 24.2 Å². The number of hydrogen-bond donors (Lipinski definition) is 1. The molecule has 0 rings (SSSR count). The van der Waals surface area contributed by atoms with Crippen LogP contribution in [-0.4, -0.2) is 11.4 Å². The molecule has 0 aliphatic carbocycles. The second-order valence-corrected chi connectivity index (χ2v) is 5.32. The van der Waals surface area contributed by atoms with Crippen LogP contribution in [0.3, 0.4) is 0 Å². The van der Waals surface area contributed by atoms with Gasteiger partial charge in [0.25, 0.3) is 0 Å². The minimum Gasteiger partial charge on any atom is -0.252 e. The summed E-state index contributed by atoms with van der Waals surface area (Å²) in [6.07, 6.45) is 0.603. The molecule has 1 N–H and O–H groups in total. The molecule has 0 aliphatic rings. The van der Waals surface area contributed by atoms with Crippen LogP contribution in [0.2, 0.25) is 0 Å². The summed E-state index contributed by atoms with van der Waals surface area (Å²) in [5, 5.41) is 8.50. The predicted octanol–water partition coefficient (Wildman–Crippen LogP) is 3.14. The van der Waals surface area contributed by atoms with Crippen LogP contribution in [0.1, 0.15) is 41.0 Å². The van der Waals surface area contributed by atoms with Crippen LogP contribution < -0.4 is 0 Å². The zero-order valence-corrected chi connectivity index (χ0v) is 8.85. The fraction of sp³-hybridized carbons (Fsp3) is 0.900. The highest BCUT2D eigenvalue weighted by Crippen LogP contribution is 2.36. The van der Waals surface area contributed by atoms with Crippen LogP contribution in [0, 0.1) is 17.8 Å². The Kier molecular flexibility index (Phi) is 3.73. The second-order valence-electron chi connectivity index (χ2n) is 5.32. The summed E-state index contributed by atoms with van der Waals surface area (Å²) in [5.41, 5.74) is 0.144. The van der Waals surface area contributed by atoms with Crippen molar-refractivity contribution in [2.75, 3.05) is 0 Å². The number of rotatable bonds is 3. The van der Waals surface area contributed by atoms with Crippen LogP contribution in [0.15, 0.2) is 0 Å². The van der Waals surface area contributed by atoms with Gasteiger partial charge in [-0.25, -0.2) is 4.89 Å². The highest BCUT2D eigenvalue weighted by Gasteiger charge is 2.31. The smallest absolute Gasteiger partial charge is 0.0979 e. The third-order valence-electron chi connectivity index (χ3n) is 1.98. The first-order valence-electron chi connectivity index (χ1n) is 4.32. The van der Waals surface area contributed by atoms with Crippen molar-refractivity contribution in [1.29, 1.82) is 0 Å². The van der Waals surface area contributed by atoms with Gasteiger partial charge < -0.3 is 0 Å². The van der Waals surface area contributed by atoms with E-state index in [-0.39, 0.29) is 16.9 Å². The molecule has 2 heteroatoms. The maximum absolute atomic E-state index is 8.50. The summed E-state index contributed by atoms with van der Waals surface area (Å²) in [6.45, 7) is 14.3. The minimum atomic E-state index is -0.364. The first-order chi connectivity index (χ1) is 5.19. The summed E-state index contributed by atoms with van der Waals surface area (Å²) >= 11 is 0. The van der Waals surface area contributed by atoms with E-state index in [4.69, 9.17) is 5.26 Å². The van der Waals surface area contributed by atoms with E-state index in [1.807, 2.05) is 13.8 Å². The summed E-state index contributed by atoms with van der Waals surface area (Å²) in [5.74, 6) is 0. The molecule has 0 amide bonds. The van der Waals surface area contributed by atoms with E-state index in [1.54, 1.807) is 0 Å². The van der Waals surface area contributed by atoms with Crippen LogP contribution in [0.5, 0.6) is 0 Å². The highest BCUT2D eigenvalue weighted by atomic mass is 17.1. The topological polar surface area (TPSA) is 29.5 Å². The lowest BCUT2D eigenvalue weighted by molar-refractivity contribution is -0.290. The SMILES string of the molecule is [CH2]C(OO)C(C)(C)CC(C)(C)C. The van der Waals surface area contributed by atoms with Crippen LogP contribution >= 0.6 is 0 Å². The molecule has 0 spiro atoms. The van der Waals surface area contributed by atoms with Gasteiger partial charge in [0.05, 0.1) is 6.10 Å². The molecule has 0 aromatic carbocycles. The lowest BCUT2D eigenvalue weighted by atomic mass is 9.73. The molecule has 0 bridgehead atoms. The third-order valence-corrected chi connectivity index (χ3v) is 1.98. The lowest BCUT2D eigenvalue weighted by Crippen LogP contribution is -2.32. The van der Waals surface area contributed by atoms with Gasteiger partial charge in [0.2, 0.25) is 0 Å². The fourth-order valence-electron chi connectivity index (χ4n) is 1.62. The zero-order valence-electron chi connectivity index (χ0n) is 8.85. The molecule has 0 aliphatic heterocycles. The predicted molar refractivity (Wildman–Crippen MR) is 50.7 cm³/mol. The average molecular weight is 173 g/mol. The van der Waals surface area contributed by atoms with Crippen LogP contribution in [0.4, 0.5) is 0 Å². The normalized spacial score (nSPS) is 16.2. The van der Waals surface area contributed by atoms with Crippen LogP contribution in [-0.2, 0) is 4.89 Å². The van der Waals surface area contributed by atoms with E-state index >= 15 is 0 Å². The largest absolute Gasteiger partial charge is 0.252 e. The van der Waals surface area contributed by atoms with E-state index in [0.717, 1.165) is 6.42 Å². The van der Waals surface area contributed by atoms with Gasteiger partial charge in [0.15, 0.2) is 0 Å². The molecule has 0 aromatic rings. The first-order valence-corrected chi connectivity index (χ1v) is 4.32. The molecule has 0 saturated heterocycles. The second kappa shape index (κ2) is 3.75. The minimum absolute atomic E-state index is 0.0903. The van der Waals surface area contributed by atoms with Gasteiger partial charge in [-0.2, -0.15) is 0 Å². The molecule has 0 aromatic heterocycles. The molecule has 0 fully saturated rings. The van der Waals surface area contributed by atoms with Crippen molar-refractivity contribution in [3.8, 4) is 0 Å². The maximum atomic E-state index is 8.50. The molecule has 12 heavy (non-hydrogen) atoms. The van der Waals surface area contributed by atoms with Crippen molar-refractivity contribution >= 4 is 0 Å². The Hall–Kier alpha value is -0.0800. The quantitative estimate of drug-likeness (QED) is 0.525. The van der Waals surface area contributed by atoms with Crippen molar-refractivity contribution in [3.05, 3.63) is 6.92 Å². The Morgan fingerprint density at radius 2 is 1.67 bits per heavy atom. The van der Waals surface area contributed by atoms with E-state index in [9.17, 15) is 0 Å². The van der Waals surface area contributed by atoms with Crippen molar-refractivity contribution in [2.24, 2.45) is 10.8 Å². The molecule has 73 valence electrons. The Balaban J connectivity index is 4.22. The monoisotopic (exact) mass is 173 g/mol. The molecular formula is C10H21O2. The molecular weight excluding hydrogens is 152 g/mol. The lowest BCUT2D eigenvalue weighted by Gasteiger charge is -2.35. The van der Waals surface area contributed by atoms with Gasteiger partial charge in [-0.15, -0.1) is 0 Å². The van der Waals surface area contributed by atoms with Gasteiger partial charge in [-0.3, -0.25) is 5.26 Å². The first kappa shape index (κ1) is 11.9. The van der Waals surface area contributed by atoms with Crippen molar-refractivity contribution in [1.82, 2.24) is 0 Å². The van der Waals surface area contributed by atoms with Gasteiger partial charge in [0.1, 0.15) is 0 Å². The molecule has 1 unspecified atom stereocenters. The van der Waals surface area contributed by atoms with Gasteiger partial charge >= 0.3 is 0 Å². The van der Waals surface area contributed by atoms with E-state index in [2.05, 4.69) is 32.6 Å². The van der Waals surface area contributed by atoms with Gasteiger partial charge in [-0.1, -0.05) is 34.6 Å². The maximum Gasteiger partial charge on any atom is 0.0979 e. The average Bonchev–Trinajstić information content (AvgIpc) is 1.80. The van der Waals surface area contributed by atoms with E-state index in [0.29, 0.717) is 0 Å². The summed E-state index contributed by atoms with van der Waals surface area (Å²) < 4.78 is 0. The van der Waals surface area contributed by atoms with E-state index < -0.39 is 0 Å². The zero-order chi connectivity index (χ0) is 9.99. The molecule has 2 nitrogen and oxygen atoms in total. The van der Waals surface area contributed by atoms with Crippen molar-refractivity contribution in [2.45, 2.75) is 47.1 Å². The summed E-state index contributed by atoms with van der Waals surface area (Å²) in [7, 11) is 0. The molecule has 0 heterocycles. The Morgan fingerprint density at radius 1 is 1.25 bits per heavy atom. The highest BCUT2D eigenvalue weighted by molar-refractivity contribution is 4.84. The number of hydrogen-bond acceptors (Lipinski definition) is 2. The van der Waals surface area contributed by atoms with Crippen molar-refractivity contribution in [3.63, 3.8) is 0 Å². The summed E-state index contributed by atoms with van der Waals surface area (Å²) in [6, 6.07) is 0. The Morgan fingerprint density at radius 3 is 1.92 bits per heavy atom.